The number of aliphatic hydroxyl groups is 1. The SMILES string of the molecule is OCCc1ccccc1Oc1ncnc2c1CCCC2. The second-order valence-corrected chi connectivity index (χ2v) is 4.99. The maximum atomic E-state index is 9.12. The normalized spacial score (nSPS) is 13.8. The van der Waals surface area contributed by atoms with E-state index in [1.165, 1.54) is 6.42 Å². The molecule has 1 aromatic carbocycles. The Morgan fingerprint density at radius 1 is 1.10 bits per heavy atom. The van der Waals surface area contributed by atoms with Crippen LogP contribution in [0.3, 0.4) is 0 Å². The van der Waals surface area contributed by atoms with Crippen LogP contribution in [0.4, 0.5) is 0 Å². The molecule has 0 saturated carbocycles. The summed E-state index contributed by atoms with van der Waals surface area (Å²) in [5.41, 5.74) is 3.25. The number of para-hydroxylation sites is 1. The number of hydrogen-bond donors (Lipinski definition) is 1. The van der Waals surface area contributed by atoms with Gasteiger partial charge in [0.25, 0.3) is 0 Å². The average molecular weight is 270 g/mol. The number of benzene rings is 1. The Hall–Kier alpha value is -1.94. The Labute approximate surface area is 118 Å². The van der Waals surface area contributed by atoms with Crippen LogP contribution in [0.15, 0.2) is 30.6 Å². The average Bonchev–Trinajstić information content (AvgIpc) is 2.50. The van der Waals surface area contributed by atoms with Crippen molar-refractivity contribution in [1.82, 2.24) is 9.97 Å². The van der Waals surface area contributed by atoms with Gasteiger partial charge in [0.15, 0.2) is 0 Å². The molecular weight excluding hydrogens is 252 g/mol. The van der Waals surface area contributed by atoms with Gasteiger partial charge < -0.3 is 9.84 Å². The van der Waals surface area contributed by atoms with Gasteiger partial charge in [0.2, 0.25) is 5.88 Å². The number of hydrogen-bond acceptors (Lipinski definition) is 4. The van der Waals surface area contributed by atoms with Gasteiger partial charge in [0.05, 0.1) is 5.69 Å². The number of aryl methyl sites for hydroxylation is 1. The van der Waals surface area contributed by atoms with Crippen molar-refractivity contribution in [2.75, 3.05) is 6.61 Å². The van der Waals surface area contributed by atoms with Crippen molar-refractivity contribution < 1.29 is 9.84 Å². The first kappa shape index (κ1) is 13.1. The first-order valence-corrected chi connectivity index (χ1v) is 7.08. The monoisotopic (exact) mass is 270 g/mol. The summed E-state index contributed by atoms with van der Waals surface area (Å²) in [6.45, 7) is 0.113. The molecule has 104 valence electrons. The number of fused-ring (bicyclic) bond motifs is 1. The third-order valence-electron chi connectivity index (χ3n) is 3.65. The quantitative estimate of drug-likeness (QED) is 0.928. The Kier molecular flexibility index (Phi) is 3.92. The van der Waals surface area contributed by atoms with Gasteiger partial charge in [-0.1, -0.05) is 18.2 Å². The van der Waals surface area contributed by atoms with Crippen LogP contribution in [-0.4, -0.2) is 21.7 Å². The fraction of sp³-hybridized carbons (Fsp3) is 0.375. The molecule has 2 aromatic rings. The highest BCUT2D eigenvalue weighted by Crippen LogP contribution is 2.31. The van der Waals surface area contributed by atoms with Gasteiger partial charge in [0, 0.05) is 12.2 Å². The van der Waals surface area contributed by atoms with Gasteiger partial charge in [0.1, 0.15) is 12.1 Å². The molecule has 0 aliphatic heterocycles. The van der Waals surface area contributed by atoms with Crippen LogP contribution >= 0.6 is 0 Å². The predicted molar refractivity (Wildman–Crippen MR) is 76.0 cm³/mol. The zero-order chi connectivity index (χ0) is 13.8. The van der Waals surface area contributed by atoms with Crippen molar-refractivity contribution in [3.63, 3.8) is 0 Å². The molecule has 1 aromatic heterocycles. The molecule has 0 unspecified atom stereocenters. The lowest BCUT2D eigenvalue weighted by atomic mass is 9.97. The summed E-state index contributed by atoms with van der Waals surface area (Å²) in [5, 5.41) is 9.12. The lowest BCUT2D eigenvalue weighted by molar-refractivity contribution is 0.297. The molecule has 1 aliphatic rings. The van der Waals surface area contributed by atoms with E-state index in [0.717, 1.165) is 41.8 Å². The zero-order valence-electron chi connectivity index (χ0n) is 11.4. The van der Waals surface area contributed by atoms with E-state index in [0.29, 0.717) is 12.3 Å². The van der Waals surface area contributed by atoms with E-state index in [2.05, 4.69) is 9.97 Å². The fourth-order valence-electron chi connectivity index (χ4n) is 2.61. The largest absolute Gasteiger partial charge is 0.438 e. The van der Waals surface area contributed by atoms with Crippen LogP contribution in [0.25, 0.3) is 0 Å². The molecule has 0 bridgehead atoms. The van der Waals surface area contributed by atoms with Gasteiger partial charge >= 0.3 is 0 Å². The summed E-state index contributed by atoms with van der Waals surface area (Å²) in [6, 6.07) is 7.78. The molecule has 0 spiro atoms. The van der Waals surface area contributed by atoms with E-state index < -0.39 is 0 Å². The lowest BCUT2D eigenvalue weighted by Crippen LogP contribution is -2.08. The van der Waals surface area contributed by atoms with Gasteiger partial charge in [-0.15, -0.1) is 0 Å². The molecule has 20 heavy (non-hydrogen) atoms. The molecule has 1 N–H and O–H groups in total. The molecule has 0 saturated heterocycles. The maximum absolute atomic E-state index is 9.12. The molecule has 4 heteroatoms. The van der Waals surface area contributed by atoms with E-state index in [1.54, 1.807) is 6.33 Å². The van der Waals surface area contributed by atoms with Crippen LogP contribution in [0.2, 0.25) is 0 Å². The Morgan fingerprint density at radius 2 is 1.95 bits per heavy atom. The molecule has 0 fully saturated rings. The van der Waals surface area contributed by atoms with Gasteiger partial charge in [-0.05, 0) is 43.7 Å². The molecule has 0 atom stereocenters. The highest BCUT2D eigenvalue weighted by molar-refractivity contribution is 5.40. The first-order chi connectivity index (χ1) is 9.88. The Bertz CT molecular complexity index is 599. The summed E-state index contributed by atoms with van der Waals surface area (Å²) in [6.07, 6.45) is 6.50. The summed E-state index contributed by atoms with van der Waals surface area (Å²) < 4.78 is 6.00. The van der Waals surface area contributed by atoms with Gasteiger partial charge in [-0.2, -0.15) is 0 Å². The summed E-state index contributed by atoms with van der Waals surface area (Å²) >= 11 is 0. The number of ether oxygens (including phenoxy) is 1. The van der Waals surface area contributed by atoms with Gasteiger partial charge in [-0.3, -0.25) is 0 Å². The molecule has 3 rings (SSSR count). The van der Waals surface area contributed by atoms with Crippen LogP contribution in [-0.2, 0) is 19.3 Å². The topological polar surface area (TPSA) is 55.2 Å². The smallest absolute Gasteiger partial charge is 0.225 e. The standard InChI is InChI=1S/C16H18N2O2/c19-10-9-12-5-1-4-8-15(12)20-16-13-6-2-3-7-14(13)17-11-18-16/h1,4-5,8,11,19H,2-3,6-7,9-10H2. The third kappa shape index (κ3) is 2.65. The molecule has 1 heterocycles. The highest BCUT2D eigenvalue weighted by atomic mass is 16.5. The van der Waals surface area contributed by atoms with Crippen molar-refractivity contribution in [2.24, 2.45) is 0 Å². The first-order valence-electron chi connectivity index (χ1n) is 7.08. The maximum Gasteiger partial charge on any atom is 0.225 e. The minimum absolute atomic E-state index is 0.113. The summed E-state index contributed by atoms with van der Waals surface area (Å²) in [7, 11) is 0. The van der Waals surface area contributed by atoms with Crippen LogP contribution in [0.5, 0.6) is 11.6 Å². The van der Waals surface area contributed by atoms with E-state index in [9.17, 15) is 0 Å². The van der Waals surface area contributed by atoms with E-state index >= 15 is 0 Å². The van der Waals surface area contributed by atoms with E-state index in [-0.39, 0.29) is 6.61 Å². The van der Waals surface area contributed by atoms with Crippen molar-refractivity contribution in [3.8, 4) is 11.6 Å². The van der Waals surface area contributed by atoms with Crippen molar-refractivity contribution in [3.05, 3.63) is 47.4 Å². The summed E-state index contributed by atoms with van der Waals surface area (Å²) in [4.78, 5) is 8.64. The second kappa shape index (κ2) is 6.01. The molecular formula is C16H18N2O2. The van der Waals surface area contributed by atoms with Crippen LogP contribution in [0.1, 0.15) is 29.7 Å². The van der Waals surface area contributed by atoms with Crippen LogP contribution < -0.4 is 4.74 Å². The Balaban J connectivity index is 1.92. The molecule has 4 nitrogen and oxygen atoms in total. The number of aliphatic hydroxyl groups excluding tert-OH is 1. The van der Waals surface area contributed by atoms with E-state index in [4.69, 9.17) is 9.84 Å². The van der Waals surface area contributed by atoms with Crippen LogP contribution in [0, 0.1) is 0 Å². The highest BCUT2D eigenvalue weighted by Gasteiger charge is 2.17. The van der Waals surface area contributed by atoms with Crippen molar-refractivity contribution >= 4 is 0 Å². The minimum atomic E-state index is 0.113. The number of aromatic nitrogens is 2. The second-order valence-electron chi connectivity index (χ2n) is 4.99. The van der Waals surface area contributed by atoms with E-state index in [1.807, 2.05) is 24.3 Å². The lowest BCUT2D eigenvalue weighted by Gasteiger charge is -2.18. The zero-order valence-corrected chi connectivity index (χ0v) is 11.4. The van der Waals surface area contributed by atoms with Crippen molar-refractivity contribution in [2.45, 2.75) is 32.1 Å². The predicted octanol–water partition coefficient (Wildman–Crippen LogP) is 2.68. The van der Waals surface area contributed by atoms with Crippen molar-refractivity contribution in [1.29, 1.82) is 0 Å². The van der Waals surface area contributed by atoms with Gasteiger partial charge in [-0.25, -0.2) is 9.97 Å². The molecule has 1 aliphatic carbocycles. The minimum Gasteiger partial charge on any atom is -0.438 e. The number of rotatable bonds is 4. The molecule has 0 radical (unpaired) electrons. The number of nitrogens with zero attached hydrogens (tertiary/aromatic N) is 2. The molecule has 0 amide bonds. The Morgan fingerprint density at radius 3 is 2.85 bits per heavy atom. The summed E-state index contributed by atoms with van der Waals surface area (Å²) in [5.74, 6) is 1.44. The fourth-order valence-corrected chi connectivity index (χ4v) is 2.61. The third-order valence-corrected chi connectivity index (χ3v) is 3.65.